The predicted octanol–water partition coefficient (Wildman–Crippen LogP) is 3.29. The van der Waals surface area contributed by atoms with Gasteiger partial charge in [0, 0.05) is 11.1 Å². The monoisotopic (exact) mass is 281 g/mol. The zero-order valence-corrected chi connectivity index (χ0v) is 10.5. The summed E-state index contributed by atoms with van der Waals surface area (Å²) in [6.45, 7) is 0. The molecule has 19 heavy (non-hydrogen) atoms. The Morgan fingerprint density at radius 2 is 2.11 bits per heavy atom. The Morgan fingerprint density at radius 3 is 2.74 bits per heavy atom. The highest BCUT2D eigenvalue weighted by Crippen LogP contribution is 2.33. The van der Waals surface area contributed by atoms with Gasteiger partial charge < -0.3 is 9.15 Å². The Labute approximate surface area is 112 Å². The van der Waals surface area contributed by atoms with Gasteiger partial charge in [-0.3, -0.25) is 10.1 Å². The Morgan fingerprint density at radius 1 is 1.37 bits per heavy atom. The Balaban J connectivity index is 2.50. The van der Waals surface area contributed by atoms with Crippen molar-refractivity contribution in [2.24, 2.45) is 0 Å². The van der Waals surface area contributed by atoms with E-state index in [1.54, 1.807) is 0 Å². The molecule has 2 aromatic rings. The van der Waals surface area contributed by atoms with E-state index in [0.717, 1.165) is 0 Å². The van der Waals surface area contributed by atoms with Crippen LogP contribution >= 0.6 is 11.6 Å². The number of benzene rings is 1. The van der Waals surface area contributed by atoms with Crippen molar-refractivity contribution in [3.8, 4) is 11.3 Å². The molecule has 0 N–H and O–H groups in total. The summed E-state index contributed by atoms with van der Waals surface area (Å²) >= 11 is 5.72. The van der Waals surface area contributed by atoms with Gasteiger partial charge in [0.1, 0.15) is 5.76 Å². The molecule has 0 atom stereocenters. The summed E-state index contributed by atoms with van der Waals surface area (Å²) in [6.07, 6.45) is 0. The van der Waals surface area contributed by atoms with Crippen LogP contribution in [0.4, 0.5) is 5.69 Å². The largest absolute Gasteiger partial charge is 0.463 e. The molecule has 0 aliphatic heterocycles. The van der Waals surface area contributed by atoms with Crippen LogP contribution in [0.2, 0.25) is 5.02 Å². The molecule has 1 aromatic heterocycles. The van der Waals surface area contributed by atoms with Crippen molar-refractivity contribution < 1.29 is 18.9 Å². The molecule has 0 radical (unpaired) electrons. The number of hydrogen-bond acceptors (Lipinski definition) is 5. The third-order valence-corrected chi connectivity index (χ3v) is 2.65. The lowest BCUT2D eigenvalue weighted by Crippen LogP contribution is -1.98. The van der Waals surface area contributed by atoms with E-state index in [0.29, 0.717) is 0 Å². The molecule has 0 aliphatic rings. The second-order valence-corrected chi connectivity index (χ2v) is 4.01. The third-order valence-electron chi connectivity index (χ3n) is 2.41. The van der Waals surface area contributed by atoms with Gasteiger partial charge in [0.2, 0.25) is 5.76 Å². The molecular weight excluding hydrogens is 274 g/mol. The van der Waals surface area contributed by atoms with E-state index in [9.17, 15) is 14.9 Å². The number of furan rings is 1. The summed E-state index contributed by atoms with van der Waals surface area (Å²) < 4.78 is 9.73. The van der Waals surface area contributed by atoms with E-state index in [1.165, 1.54) is 37.4 Å². The molecule has 0 saturated carbocycles. The average molecular weight is 282 g/mol. The Bertz CT molecular complexity index is 649. The van der Waals surface area contributed by atoms with Crippen LogP contribution < -0.4 is 0 Å². The normalized spacial score (nSPS) is 10.2. The molecular formula is C12H8ClNO5. The van der Waals surface area contributed by atoms with Crippen LogP contribution in [-0.2, 0) is 4.74 Å². The smallest absolute Gasteiger partial charge is 0.373 e. The predicted molar refractivity (Wildman–Crippen MR) is 67.1 cm³/mol. The van der Waals surface area contributed by atoms with E-state index in [4.69, 9.17) is 16.0 Å². The van der Waals surface area contributed by atoms with Crippen LogP contribution in [0.25, 0.3) is 11.3 Å². The number of nitro groups is 1. The van der Waals surface area contributed by atoms with Gasteiger partial charge in [-0.1, -0.05) is 11.6 Å². The van der Waals surface area contributed by atoms with Crippen LogP contribution in [0.1, 0.15) is 10.6 Å². The molecule has 0 amide bonds. The number of ether oxygens (including phenoxy) is 1. The number of carbonyl (C=O) groups excluding carboxylic acids is 1. The third kappa shape index (κ3) is 2.58. The first-order valence-electron chi connectivity index (χ1n) is 5.15. The van der Waals surface area contributed by atoms with E-state index in [1.807, 2.05) is 0 Å². The van der Waals surface area contributed by atoms with Crippen LogP contribution in [0.3, 0.4) is 0 Å². The topological polar surface area (TPSA) is 82.6 Å². The van der Waals surface area contributed by atoms with Gasteiger partial charge >= 0.3 is 5.97 Å². The number of carbonyl (C=O) groups is 1. The number of esters is 1. The Hall–Kier alpha value is -2.34. The zero-order chi connectivity index (χ0) is 14.0. The van der Waals surface area contributed by atoms with Crippen molar-refractivity contribution >= 4 is 23.3 Å². The minimum atomic E-state index is -0.650. The van der Waals surface area contributed by atoms with Gasteiger partial charge in [-0.25, -0.2) is 4.79 Å². The van der Waals surface area contributed by atoms with E-state index in [-0.39, 0.29) is 27.8 Å². The molecule has 0 bridgehead atoms. The lowest BCUT2D eigenvalue weighted by atomic mass is 10.1. The molecule has 0 aliphatic carbocycles. The summed E-state index contributed by atoms with van der Waals surface area (Å²) in [4.78, 5) is 21.6. The van der Waals surface area contributed by atoms with E-state index < -0.39 is 10.9 Å². The van der Waals surface area contributed by atoms with Crippen molar-refractivity contribution in [1.82, 2.24) is 0 Å². The van der Waals surface area contributed by atoms with Crippen molar-refractivity contribution in [1.29, 1.82) is 0 Å². The molecule has 7 heteroatoms. The SMILES string of the molecule is COC(=O)c1ccc(-c2ccc(Cl)cc2[N+](=O)[O-])o1. The lowest BCUT2D eigenvalue weighted by Gasteiger charge is -2.00. The first-order chi connectivity index (χ1) is 9.02. The molecule has 0 fully saturated rings. The minimum Gasteiger partial charge on any atom is -0.463 e. The number of methoxy groups -OCH3 is 1. The molecule has 1 heterocycles. The number of hydrogen-bond donors (Lipinski definition) is 0. The Kier molecular flexibility index (Phi) is 3.52. The highest BCUT2D eigenvalue weighted by Gasteiger charge is 2.20. The minimum absolute atomic E-state index is 0.0262. The standard InChI is InChI=1S/C12H8ClNO5/c1-18-12(15)11-5-4-10(19-11)8-3-2-7(13)6-9(8)14(16)17/h2-6H,1H3. The lowest BCUT2D eigenvalue weighted by molar-refractivity contribution is -0.384. The summed E-state index contributed by atoms with van der Waals surface area (Å²) in [5.74, 6) is -0.478. The second kappa shape index (κ2) is 5.11. The van der Waals surface area contributed by atoms with E-state index >= 15 is 0 Å². The van der Waals surface area contributed by atoms with Gasteiger partial charge in [0.05, 0.1) is 17.6 Å². The van der Waals surface area contributed by atoms with Crippen molar-refractivity contribution in [3.63, 3.8) is 0 Å². The average Bonchev–Trinajstić information content (AvgIpc) is 2.87. The summed E-state index contributed by atoms with van der Waals surface area (Å²) in [5, 5.41) is 11.2. The second-order valence-electron chi connectivity index (χ2n) is 3.57. The van der Waals surface area contributed by atoms with Crippen LogP contribution in [0.5, 0.6) is 0 Å². The molecule has 6 nitrogen and oxygen atoms in total. The van der Waals surface area contributed by atoms with Crippen LogP contribution in [0.15, 0.2) is 34.7 Å². The van der Waals surface area contributed by atoms with Gasteiger partial charge in [-0.2, -0.15) is 0 Å². The van der Waals surface area contributed by atoms with Crippen molar-refractivity contribution in [3.05, 3.63) is 51.2 Å². The quantitative estimate of drug-likeness (QED) is 0.490. The van der Waals surface area contributed by atoms with E-state index in [2.05, 4.69) is 4.74 Å². The van der Waals surface area contributed by atoms with Gasteiger partial charge in [-0.05, 0) is 24.3 Å². The number of nitro benzene ring substituents is 1. The summed E-state index contributed by atoms with van der Waals surface area (Å²) in [7, 11) is 1.22. The maximum atomic E-state index is 11.3. The fraction of sp³-hybridized carbons (Fsp3) is 0.0833. The molecule has 98 valence electrons. The molecule has 1 aromatic carbocycles. The molecule has 2 rings (SSSR count). The zero-order valence-electron chi connectivity index (χ0n) is 9.75. The molecule has 0 spiro atoms. The number of halogens is 1. The fourth-order valence-electron chi connectivity index (χ4n) is 1.56. The maximum Gasteiger partial charge on any atom is 0.373 e. The first kappa shape index (κ1) is 13.1. The summed E-state index contributed by atoms with van der Waals surface area (Å²) in [6, 6.07) is 7.03. The van der Waals surface area contributed by atoms with Crippen LogP contribution in [-0.4, -0.2) is 18.0 Å². The van der Waals surface area contributed by atoms with Gasteiger partial charge in [-0.15, -0.1) is 0 Å². The van der Waals surface area contributed by atoms with Gasteiger partial charge in [0.25, 0.3) is 5.69 Å². The van der Waals surface area contributed by atoms with Crippen molar-refractivity contribution in [2.75, 3.05) is 7.11 Å². The first-order valence-corrected chi connectivity index (χ1v) is 5.53. The van der Waals surface area contributed by atoms with Crippen molar-refractivity contribution in [2.45, 2.75) is 0 Å². The number of rotatable bonds is 3. The number of nitrogens with zero attached hydrogens (tertiary/aromatic N) is 1. The van der Waals surface area contributed by atoms with Crippen LogP contribution in [0, 0.1) is 10.1 Å². The highest BCUT2D eigenvalue weighted by molar-refractivity contribution is 6.30. The molecule has 0 saturated heterocycles. The molecule has 0 unspecified atom stereocenters. The summed E-state index contributed by atoms with van der Waals surface area (Å²) in [5.41, 5.74) is 0.0443. The highest BCUT2D eigenvalue weighted by atomic mass is 35.5. The maximum absolute atomic E-state index is 11.3. The fourth-order valence-corrected chi connectivity index (χ4v) is 1.72. The van der Waals surface area contributed by atoms with Gasteiger partial charge in [0.15, 0.2) is 0 Å².